The highest BCUT2D eigenvalue weighted by molar-refractivity contribution is 7.92. The summed E-state index contributed by atoms with van der Waals surface area (Å²) in [5, 5.41) is 2.89. The van der Waals surface area contributed by atoms with Gasteiger partial charge >= 0.3 is 0 Å². The molecule has 8 nitrogen and oxygen atoms in total. The van der Waals surface area contributed by atoms with Crippen molar-refractivity contribution in [2.24, 2.45) is 0 Å². The molecule has 4 aromatic rings. The Balaban J connectivity index is 1.38. The Morgan fingerprint density at radius 1 is 0.775 bits per heavy atom. The molecule has 40 heavy (non-hydrogen) atoms. The third kappa shape index (κ3) is 7.54. The van der Waals surface area contributed by atoms with Crippen molar-refractivity contribution < 1.29 is 27.4 Å². The second kappa shape index (κ2) is 13.0. The minimum absolute atomic E-state index is 0.122. The van der Waals surface area contributed by atoms with Crippen LogP contribution >= 0.6 is 0 Å². The summed E-state index contributed by atoms with van der Waals surface area (Å²) in [5.41, 5.74) is 3.64. The van der Waals surface area contributed by atoms with Crippen LogP contribution in [0.2, 0.25) is 0 Å². The van der Waals surface area contributed by atoms with Crippen molar-refractivity contribution in [1.29, 1.82) is 0 Å². The predicted octanol–water partition coefficient (Wildman–Crippen LogP) is 5.18. The SMILES string of the molecule is COc1ccc(CNC(=O)c2ccc(CN(c3ccc(OCc4ccccc4)cc3)S(C)(=O)=O)cc2)cc1OC. The van der Waals surface area contributed by atoms with Crippen molar-refractivity contribution in [3.05, 3.63) is 119 Å². The molecule has 0 spiro atoms. The van der Waals surface area contributed by atoms with E-state index in [1.807, 2.05) is 42.5 Å². The molecule has 0 radical (unpaired) electrons. The third-order valence-corrected chi connectivity index (χ3v) is 7.36. The topological polar surface area (TPSA) is 94.2 Å². The van der Waals surface area contributed by atoms with Crippen molar-refractivity contribution in [2.45, 2.75) is 19.7 Å². The second-order valence-corrected chi connectivity index (χ2v) is 11.0. The lowest BCUT2D eigenvalue weighted by atomic mass is 10.1. The highest BCUT2D eigenvalue weighted by atomic mass is 32.2. The summed E-state index contributed by atoms with van der Waals surface area (Å²) in [6.07, 6.45) is 1.17. The first-order valence-corrected chi connectivity index (χ1v) is 14.4. The summed E-state index contributed by atoms with van der Waals surface area (Å²) >= 11 is 0. The molecule has 0 atom stereocenters. The summed E-state index contributed by atoms with van der Waals surface area (Å²) < 4.78 is 42.9. The van der Waals surface area contributed by atoms with Crippen LogP contribution in [0.5, 0.6) is 17.2 Å². The van der Waals surface area contributed by atoms with Gasteiger partial charge in [-0.05, 0) is 65.2 Å². The van der Waals surface area contributed by atoms with Crippen molar-refractivity contribution >= 4 is 21.6 Å². The summed E-state index contributed by atoms with van der Waals surface area (Å²) in [6.45, 7) is 0.856. The number of benzene rings is 4. The first kappa shape index (κ1) is 28.5. The molecule has 208 valence electrons. The number of carbonyl (C=O) groups excluding carboxylic acids is 1. The Hall–Kier alpha value is -4.50. The van der Waals surface area contributed by atoms with Gasteiger partial charge in [-0.25, -0.2) is 8.42 Å². The maximum Gasteiger partial charge on any atom is 0.251 e. The van der Waals surface area contributed by atoms with E-state index in [0.29, 0.717) is 41.7 Å². The molecule has 0 aromatic heterocycles. The van der Waals surface area contributed by atoms with Crippen LogP contribution < -0.4 is 23.8 Å². The quantitative estimate of drug-likeness (QED) is 0.257. The summed E-state index contributed by atoms with van der Waals surface area (Å²) in [4.78, 5) is 12.7. The monoisotopic (exact) mass is 560 g/mol. The molecule has 1 amide bonds. The number of nitrogens with zero attached hydrogens (tertiary/aromatic N) is 1. The molecule has 0 saturated heterocycles. The molecule has 4 aromatic carbocycles. The minimum atomic E-state index is -3.57. The van der Waals surface area contributed by atoms with Crippen LogP contribution in [-0.2, 0) is 29.7 Å². The highest BCUT2D eigenvalue weighted by Crippen LogP contribution is 2.28. The van der Waals surface area contributed by atoms with Gasteiger partial charge in [-0.15, -0.1) is 0 Å². The first-order chi connectivity index (χ1) is 19.3. The number of sulfonamides is 1. The lowest BCUT2D eigenvalue weighted by Gasteiger charge is -2.23. The lowest BCUT2D eigenvalue weighted by molar-refractivity contribution is 0.0951. The van der Waals surface area contributed by atoms with Crippen LogP contribution in [0.4, 0.5) is 5.69 Å². The average Bonchev–Trinajstić information content (AvgIpc) is 2.98. The van der Waals surface area contributed by atoms with E-state index in [1.165, 1.54) is 10.6 Å². The molecule has 0 aliphatic rings. The van der Waals surface area contributed by atoms with Crippen molar-refractivity contribution in [1.82, 2.24) is 5.32 Å². The van der Waals surface area contributed by atoms with Gasteiger partial charge in [0.1, 0.15) is 12.4 Å². The number of rotatable bonds is 12. The van der Waals surface area contributed by atoms with E-state index in [1.54, 1.807) is 68.8 Å². The standard InChI is InChI=1S/C31H32N2O6S/c1-37-29-18-11-25(19-30(29)38-2)20-32-31(34)26-12-9-23(10-13-26)21-33(40(3,35)36)27-14-16-28(17-15-27)39-22-24-7-5-4-6-8-24/h4-19H,20-22H2,1-3H3,(H,32,34). The Bertz CT molecular complexity index is 1520. The number of hydrogen-bond acceptors (Lipinski definition) is 6. The van der Waals surface area contributed by atoms with Crippen LogP contribution in [0.3, 0.4) is 0 Å². The lowest BCUT2D eigenvalue weighted by Crippen LogP contribution is -2.29. The number of hydrogen-bond donors (Lipinski definition) is 1. The van der Waals surface area contributed by atoms with Gasteiger partial charge in [-0.3, -0.25) is 9.10 Å². The number of amides is 1. The zero-order chi connectivity index (χ0) is 28.5. The number of methoxy groups -OCH3 is 2. The van der Waals surface area contributed by atoms with Gasteiger partial charge in [0.2, 0.25) is 10.0 Å². The molecule has 0 saturated carbocycles. The van der Waals surface area contributed by atoms with Crippen LogP contribution in [0.15, 0.2) is 97.1 Å². The molecule has 9 heteroatoms. The largest absolute Gasteiger partial charge is 0.493 e. The molecule has 1 N–H and O–H groups in total. The van der Waals surface area contributed by atoms with Crippen molar-refractivity contribution in [3.63, 3.8) is 0 Å². The van der Waals surface area contributed by atoms with Gasteiger partial charge in [0.15, 0.2) is 11.5 Å². The number of nitrogens with one attached hydrogen (secondary N) is 1. The van der Waals surface area contributed by atoms with E-state index in [2.05, 4.69) is 5.32 Å². The molecule has 0 bridgehead atoms. The summed E-state index contributed by atoms with van der Waals surface area (Å²) in [7, 11) is -0.441. The summed E-state index contributed by atoms with van der Waals surface area (Å²) in [6, 6.07) is 29.1. The predicted molar refractivity (Wildman–Crippen MR) is 155 cm³/mol. The van der Waals surface area contributed by atoms with Gasteiger partial charge < -0.3 is 19.5 Å². The van der Waals surface area contributed by atoms with Crippen LogP contribution in [0, 0.1) is 0 Å². The van der Waals surface area contributed by atoms with E-state index in [9.17, 15) is 13.2 Å². The molecule has 4 rings (SSSR count). The fourth-order valence-corrected chi connectivity index (χ4v) is 4.94. The van der Waals surface area contributed by atoms with Crippen molar-refractivity contribution in [2.75, 3.05) is 24.8 Å². The van der Waals surface area contributed by atoms with Crippen molar-refractivity contribution in [3.8, 4) is 17.2 Å². The molecule has 0 fully saturated rings. The molecule has 0 unspecified atom stereocenters. The smallest absolute Gasteiger partial charge is 0.251 e. The first-order valence-electron chi connectivity index (χ1n) is 12.6. The zero-order valence-corrected chi connectivity index (χ0v) is 23.5. The Morgan fingerprint density at radius 3 is 2.05 bits per heavy atom. The van der Waals surface area contributed by atoms with Gasteiger partial charge in [0, 0.05) is 12.1 Å². The normalized spacial score (nSPS) is 11.0. The fourth-order valence-electron chi connectivity index (χ4n) is 4.05. The van der Waals surface area contributed by atoms with Gasteiger partial charge in [0.25, 0.3) is 5.91 Å². The number of carbonyl (C=O) groups is 1. The maximum absolute atomic E-state index is 12.7. The fraction of sp³-hybridized carbons (Fsp3) is 0.194. The maximum atomic E-state index is 12.7. The Labute approximate surface area is 235 Å². The minimum Gasteiger partial charge on any atom is -0.493 e. The van der Waals surface area contributed by atoms with Crippen LogP contribution in [0.25, 0.3) is 0 Å². The zero-order valence-electron chi connectivity index (χ0n) is 22.7. The molecule has 0 heterocycles. The van der Waals surface area contributed by atoms with E-state index < -0.39 is 10.0 Å². The molecular weight excluding hydrogens is 528 g/mol. The Morgan fingerprint density at radius 2 is 1.43 bits per heavy atom. The average molecular weight is 561 g/mol. The number of ether oxygens (including phenoxy) is 3. The van der Waals surface area contributed by atoms with Gasteiger partial charge in [-0.2, -0.15) is 0 Å². The molecular formula is C31H32N2O6S. The van der Waals surface area contributed by atoms with E-state index in [0.717, 1.165) is 16.7 Å². The van der Waals surface area contributed by atoms with E-state index in [4.69, 9.17) is 14.2 Å². The third-order valence-electron chi connectivity index (χ3n) is 6.22. The van der Waals surface area contributed by atoms with E-state index >= 15 is 0 Å². The highest BCUT2D eigenvalue weighted by Gasteiger charge is 2.18. The summed E-state index contributed by atoms with van der Waals surface area (Å²) in [5.74, 6) is 1.60. The van der Waals surface area contributed by atoms with Gasteiger partial charge in [0.05, 0.1) is 32.7 Å². The second-order valence-electron chi connectivity index (χ2n) is 9.11. The van der Waals surface area contributed by atoms with E-state index in [-0.39, 0.29) is 12.5 Å². The van der Waals surface area contributed by atoms with Crippen LogP contribution in [0.1, 0.15) is 27.0 Å². The number of anilines is 1. The molecule has 0 aliphatic heterocycles. The van der Waals surface area contributed by atoms with Gasteiger partial charge in [-0.1, -0.05) is 48.5 Å². The Kier molecular flexibility index (Phi) is 9.29. The van der Waals surface area contributed by atoms with Crippen LogP contribution in [-0.4, -0.2) is 34.8 Å². The molecule has 0 aliphatic carbocycles.